The van der Waals surface area contributed by atoms with Crippen molar-refractivity contribution in [2.45, 2.75) is 56.8 Å². The van der Waals surface area contributed by atoms with E-state index in [4.69, 9.17) is 0 Å². The fourth-order valence-electron chi connectivity index (χ4n) is 2.87. The molecule has 0 unspecified atom stereocenters. The van der Waals surface area contributed by atoms with Crippen LogP contribution in [0.2, 0.25) is 0 Å². The highest BCUT2D eigenvalue weighted by atomic mass is 79.9. The topological polar surface area (TPSA) is 29.1 Å². The molecule has 110 valence electrons. The predicted molar refractivity (Wildman–Crippen MR) is 86.7 cm³/mol. The average molecular weight is 338 g/mol. The second-order valence-corrected chi connectivity index (χ2v) is 6.27. The van der Waals surface area contributed by atoms with Crippen molar-refractivity contribution in [2.75, 3.05) is 0 Å². The van der Waals surface area contributed by atoms with Gasteiger partial charge in [0.15, 0.2) is 0 Å². The molecule has 1 aromatic rings. The largest absolute Gasteiger partial charge is 0.352 e. The number of carbonyl (C=O) groups is 1. The van der Waals surface area contributed by atoms with Gasteiger partial charge in [-0.25, -0.2) is 0 Å². The zero-order valence-corrected chi connectivity index (χ0v) is 13.6. The van der Waals surface area contributed by atoms with E-state index in [0.29, 0.717) is 6.54 Å². The molecule has 0 bridgehead atoms. The van der Waals surface area contributed by atoms with Gasteiger partial charge in [0.25, 0.3) is 0 Å². The van der Waals surface area contributed by atoms with Crippen LogP contribution in [0.4, 0.5) is 0 Å². The van der Waals surface area contributed by atoms with E-state index >= 15 is 0 Å². The summed E-state index contributed by atoms with van der Waals surface area (Å²) in [6.45, 7) is 0.649. The molecule has 1 aromatic carbocycles. The third kappa shape index (κ3) is 4.93. The summed E-state index contributed by atoms with van der Waals surface area (Å²) in [7, 11) is 0. The van der Waals surface area contributed by atoms with Gasteiger partial charge < -0.3 is 5.32 Å². The number of hydrogen-bond donors (Lipinski definition) is 1. The van der Waals surface area contributed by atoms with Crippen molar-refractivity contribution < 1.29 is 4.79 Å². The maximum atomic E-state index is 12.3. The quantitative estimate of drug-likeness (QED) is 0.801. The lowest BCUT2D eigenvalue weighted by Gasteiger charge is -2.19. The molecule has 1 aliphatic carbocycles. The van der Waals surface area contributed by atoms with Gasteiger partial charge in [0.05, 0.1) is 0 Å². The number of nitrogens with one attached hydrogen (secondary N) is 1. The molecule has 0 spiro atoms. The van der Waals surface area contributed by atoms with Crippen LogP contribution in [-0.2, 0) is 16.7 Å². The van der Waals surface area contributed by atoms with Crippen LogP contribution < -0.4 is 5.32 Å². The SMILES string of the molecule is O=C(NCc1cccc(CBr)c1)C1CCCCCCC1. The van der Waals surface area contributed by atoms with Gasteiger partial charge in [0.1, 0.15) is 0 Å². The Hall–Kier alpha value is -0.830. The second-order valence-electron chi connectivity index (χ2n) is 5.71. The van der Waals surface area contributed by atoms with Gasteiger partial charge >= 0.3 is 0 Å². The molecular formula is C17H24BrNO. The van der Waals surface area contributed by atoms with E-state index in [2.05, 4.69) is 39.4 Å². The lowest BCUT2D eigenvalue weighted by Crippen LogP contribution is -2.30. The van der Waals surface area contributed by atoms with Crippen molar-refractivity contribution in [3.8, 4) is 0 Å². The summed E-state index contributed by atoms with van der Waals surface area (Å²) < 4.78 is 0. The van der Waals surface area contributed by atoms with E-state index in [0.717, 1.165) is 18.2 Å². The van der Waals surface area contributed by atoms with E-state index in [1.54, 1.807) is 0 Å². The molecule has 0 atom stereocenters. The minimum Gasteiger partial charge on any atom is -0.352 e. The third-order valence-electron chi connectivity index (χ3n) is 4.09. The molecule has 0 radical (unpaired) electrons. The molecule has 0 aromatic heterocycles. The molecule has 1 aliphatic rings. The van der Waals surface area contributed by atoms with Crippen LogP contribution in [0.3, 0.4) is 0 Å². The molecule has 3 heteroatoms. The molecule has 1 saturated carbocycles. The predicted octanol–water partition coefficient (Wildman–Crippen LogP) is 4.56. The number of hydrogen-bond acceptors (Lipinski definition) is 1. The first kappa shape index (κ1) is 15.6. The third-order valence-corrected chi connectivity index (χ3v) is 4.74. The highest BCUT2D eigenvalue weighted by molar-refractivity contribution is 9.08. The summed E-state index contributed by atoms with van der Waals surface area (Å²) in [6.07, 6.45) is 8.46. The Morgan fingerprint density at radius 3 is 2.45 bits per heavy atom. The minimum atomic E-state index is 0.231. The lowest BCUT2D eigenvalue weighted by molar-refractivity contribution is -0.125. The van der Waals surface area contributed by atoms with Crippen molar-refractivity contribution in [1.82, 2.24) is 5.32 Å². The maximum absolute atomic E-state index is 12.3. The molecular weight excluding hydrogens is 314 g/mol. The first-order chi connectivity index (χ1) is 9.79. The van der Waals surface area contributed by atoms with E-state index in [9.17, 15) is 4.79 Å². The van der Waals surface area contributed by atoms with E-state index in [-0.39, 0.29) is 11.8 Å². The first-order valence-corrected chi connectivity index (χ1v) is 8.83. The van der Waals surface area contributed by atoms with Crippen molar-refractivity contribution in [3.05, 3.63) is 35.4 Å². The van der Waals surface area contributed by atoms with Crippen molar-refractivity contribution >= 4 is 21.8 Å². The molecule has 1 amide bonds. The van der Waals surface area contributed by atoms with Gasteiger partial charge in [-0.05, 0) is 24.0 Å². The number of rotatable bonds is 4. The van der Waals surface area contributed by atoms with Gasteiger partial charge in [-0.15, -0.1) is 0 Å². The van der Waals surface area contributed by atoms with Crippen molar-refractivity contribution in [3.63, 3.8) is 0 Å². The van der Waals surface area contributed by atoms with Crippen LogP contribution in [0, 0.1) is 5.92 Å². The Labute approximate surface area is 130 Å². The summed E-state index contributed by atoms with van der Waals surface area (Å²) in [4.78, 5) is 12.3. The monoisotopic (exact) mass is 337 g/mol. The smallest absolute Gasteiger partial charge is 0.223 e. The summed E-state index contributed by atoms with van der Waals surface area (Å²) >= 11 is 3.46. The van der Waals surface area contributed by atoms with Crippen molar-refractivity contribution in [1.29, 1.82) is 0 Å². The van der Waals surface area contributed by atoms with Crippen LogP contribution in [0.25, 0.3) is 0 Å². The number of alkyl halides is 1. The average Bonchev–Trinajstić information content (AvgIpc) is 2.44. The molecule has 2 rings (SSSR count). The van der Waals surface area contributed by atoms with Gasteiger partial charge in [0, 0.05) is 17.8 Å². The Kier molecular flexibility index (Phi) is 6.58. The first-order valence-electron chi connectivity index (χ1n) is 7.71. The molecule has 0 saturated heterocycles. The molecule has 1 fully saturated rings. The number of halogens is 1. The van der Waals surface area contributed by atoms with Crippen molar-refractivity contribution in [2.24, 2.45) is 5.92 Å². The molecule has 0 aliphatic heterocycles. The summed E-state index contributed by atoms with van der Waals surface area (Å²) in [5.41, 5.74) is 2.43. The van der Waals surface area contributed by atoms with E-state index < -0.39 is 0 Å². The van der Waals surface area contributed by atoms with Crippen LogP contribution >= 0.6 is 15.9 Å². The van der Waals surface area contributed by atoms with Crippen LogP contribution in [0.5, 0.6) is 0 Å². The second kappa shape index (κ2) is 8.46. The van der Waals surface area contributed by atoms with Gasteiger partial charge in [-0.1, -0.05) is 72.3 Å². The van der Waals surface area contributed by atoms with Gasteiger partial charge in [-0.2, -0.15) is 0 Å². The Morgan fingerprint density at radius 2 is 1.75 bits per heavy atom. The summed E-state index contributed by atoms with van der Waals surface area (Å²) in [5, 5.41) is 3.97. The Morgan fingerprint density at radius 1 is 1.10 bits per heavy atom. The Balaban J connectivity index is 1.83. The van der Waals surface area contributed by atoms with Crippen LogP contribution in [0.15, 0.2) is 24.3 Å². The fourth-order valence-corrected chi connectivity index (χ4v) is 3.22. The van der Waals surface area contributed by atoms with E-state index in [1.165, 1.54) is 43.2 Å². The standard InChI is InChI=1S/C17H24BrNO/c18-12-14-7-6-8-15(11-14)13-19-17(20)16-9-4-2-1-3-5-10-16/h6-8,11,16H,1-5,9-10,12-13H2,(H,19,20). The summed E-state index contributed by atoms with van der Waals surface area (Å²) in [5.74, 6) is 0.478. The molecule has 20 heavy (non-hydrogen) atoms. The van der Waals surface area contributed by atoms with E-state index in [1.807, 2.05) is 6.07 Å². The van der Waals surface area contributed by atoms with Gasteiger partial charge in [0.2, 0.25) is 5.91 Å². The number of amides is 1. The number of benzene rings is 1. The Bertz CT molecular complexity index is 425. The molecule has 2 nitrogen and oxygen atoms in total. The van der Waals surface area contributed by atoms with Crippen LogP contribution in [-0.4, -0.2) is 5.91 Å². The highest BCUT2D eigenvalue weighted by Crippen LogP contribution is 2.22. The molecule has 0 heterocycles. The molecule has 1 N–H and O–H groups in total. The minimum absolute atomic E-state index is 0.231. The van der Waals surface area contributed by atoms with Gasteiger partial charge in [-0.3, -0.25) is 4.79 Å². The summed E-state index contributed by atoms with van der Waals surface area (Å²) in [6, 6.07) is 8.36. The fraction of sp³-hybridized carbons (Fsp3) is 0.588. The van der Waals surface area contributed by atoms with Crippen LogP contribution in [0.1, 0.15) is 56.1 Å². The number of carbonyl (C=O) groups excluding carboxylic acids is 1. The maximum Gasteiger partial charge on any atom is 0.223 e. The lowest BCUT2D eigenvalue weighted by atomic mass is 9.90. The highest BCUT2D eigenvalue weighted by Gasteiger charge is 2.18. The normalized spacial score (nSPS) is 17.2. The zero-order chi connectivity index (χ0) is 14.2. The zero-order valence-electron chi connectivity index (χ0n) is 12.0.